The summed E-state index contributed by atoms with van der Waals surface area (Å²) in [7, 11) is 0. The lowest BCUT2D eigenvalue weighted by Crippen LogP contribution is -2.35. The highest BCUT2D eigenvalue weighted by Gasteiger charge is 2.71. The summed E-state index contributed by atoms with van der Waals surface area (Å²) in [6.07, 6.45) is -0.853. The quantitative estimate of drug-likeness (QED) is 0.863. The predicted molar refractivity (Wildman–Crippen MR) is 79.0 cm³/mol. The van der Waals surface area contributed by atoms with Crippen LogP contribution in [-0.2, 0) is 19.9 Å². The second-order valence-electron chi connectivity index (χ2n) is 5.38. The molecule has 4 heteroatoms. The Bertz CT molecular complexity index is 807. The van der Waals surface area contributed by atoms with Crippen LogP contribution < -0.4 is 0 Å². The van der Waals surface area contributed by atoms with Crippen molar-refractivity contribution in [2.24, 2.45) is 0 Å². The van der Waals surface area contributed by atoms with Gasteiger partial charge in [-0.3, -0.25) is 9.59 Å². The van der Waals surface area contributed by atoms with Gasteiger partial charge in [0.15, 0.2) is 23.2 Å². The van der Waals surface area contributed by atoms with Gasteiger partial charge in [0.25, 0.3) is 0 Å². The standard InChI is InChI=1S/C18H12O4/c19-14-13(11-7-3-1-4-8-11)15(20)17-18(22-17,16(14)21)12-9-5-2-6-10-12/h1-10,17,19H/t17-,18+/m0/s1. The zero-order valence-electron chi connectivity index (χ0n) is 11.5. The third-order valence-electron chi connectivity index (χ3n) is 4.15. The van der Waals surface area contributed by atoms with Crippen molar-refractivity contribution in [3.05, 3.63) is 77.5 Å². The van der Waals surface area contributed by atoms with Crippen LogP contribution in [0.2, 0.25) is 0 Å². The van der Waals surface area contributed by atoms with Crippen LogP contribution in [0.5, 0.6) is 0 Å². The molecule has 1 aliphatic heterocycles. The minimum absolute atomic E-state index is 0.0413. The Kier molecular flexibility index (Phi) is 2.59. The largest absolute Gasteiger partial charge is 0.504 e. The second kappa shape index (κ2) is 4.39. The van der Waals surface area contributed by atoms with Crippen LogP contribution in [0.1, 0.15) is 11.1 Å². The average molecular weight is 292 g/mol. The third-order valence-corrected chi connectivity index (χ3v) is 4.15. The van der Waals surface area contributed by atoms with Gasteiger partial charge in [-0.1, -0.05) is 60.7 Å². The van der Waals surface area contributed by atoms with Crippen molar-refractivity contribution in [3.8, 4) is 0 Å². The lowest BCUT2D eigenvalue weighted by Gasteiger charge is -2.18. The van der Waals surface area contributed by atoms with E-state index >= 15 is 0 Å². The van der Waals surface area contributed by atoms with E-state index in [0.29, 0.717) is 11.1 Å². The van der Waals surface area contributed by atoms with Crippen LogP contribution in [0.4, 0.5) is 0 Å². The Hall–Kier alpha value is -2.72. The van der Waals surface area contributed by atoms with E-state index in [2.05, 4.69) is 0 Å². The number of Topliss-reactive ketones (excluding diaryl/α,β-unsaturated/α-hetero) is 2. The maximum Gasteiger partial charge on any atom is 0.237 e. The Labute approximate surface area is 126 Å². The number of aliphatic hydroxyl groups is 1. The minimum Gasteiger partial charge on any atom is -0.504 e. The summed E-state index contributed by atoms with van der Waals surface area (Å²) in [5.74, 6) is -1.43. The molecule has 22 heavy (non-hydrogen) atoms. The van der Waals surface area contributed by atoms with Crippen molar-refractivity contribution in [2.75, 3.05) is 0 Å². The first-order chi connectivity index (χ1) is 10.7. The molecule has 2 aromatic rings. The molecule has 0 spiro atoms. The van der Waals surface area contributed by atoms with Crippen LogP contribution in [0, 0.1) is 0 Å². The molecule has 2 aliphatic rings. The maximum atomic E-state index is 12.6. The molecule has 2 atom stereocenters. The summed E-state index contributed by atoms with van der Waals surface area (Å²) >= 11 is 0. The van der Waals surface area contributed by atoms with Crippen LogP contribution in [0.15, 0.2) is 66.4 Å². The van der Waals surface area contributed by atoms with Crippen LogP contribution in [-0.4, -0.2) is 22.8 Å². The van der Waals surface area contributed by atoms with Crippen molar-refractivity contribution in [3.63, 3.8) is 0 Å². The molecule has 4 nitrogen and oxygen atoms in total. The van der Waals surface area contributed by atoms with Gasteiger partial charge in [-0.2, -0.15) is 0 Å². The number of hydrogen-bond acceptors (Lipinski definition) is 4. The van der Waals surface area contributed by atoms with Gasteiger partial charge in [0.2, 0.25) is 5.78 Å². The molecule has 4 rings (SSSR count). The number of benzene rings is 2. The molecule has 0 radical (unpaired) electrons. The number of carbonyl (C=O) groups is 2. The zero-order valence-corrected chi connectivity index (χ0v) is 11.5. The number of ketones is 2. The first-order valence-electron chi connectivity index (χ1n) is 6.97. The topological polar surface area (TPSA) is 66.9 Å². The van der Waals surface area contributed by atoms with E-state index in [9.17, 15) is 14.7 Å². The summed E-state index contributed by atoms with van der Waals surface area (Å²) in [5, 5.41) is 10.3. The van der Waals surface area contributed by atoms with Gasteiger partial charge in [0.05, 0.1) is 5.57 Å². The Morgan fingerprint density at radius 1 is 0.909 bits per heavy atom. The lowest BCUT2D eigenvalue weighted by molar-refractivity contribution is -0.124. The van der Waals surface area contributed by atoms with Crippen LogP contribution >= 0.6 is 0 Å². The molecule has 0 bridgehead atoms. The molecule has 108 valence electrons. The van der Waals surface area contributed by atoms with Crippen molar-refractivity contribution in [2.45, 2.75) is 11.7 Å². The molecule has 1 saturated heterocycles. The zero-order chi connectivity index (χ0) is 15.3. The fraction of sp³-hybridized carbons (Fsp3) is 0.111. The molecule has 2 aromatic carbocycles. The fourth-order valence-corrected chi connectivity index (χ4v) is 3.02. The Balaban J connectivity index is 1.86. The lowest BCUT2D eigenvalue weighted by atomic mass is 9.79. The number of rotatable bonds is 2. The molecule has 1 fully saturated rings. The molecular formula is C18H12O4. The van der Waals surface area contributed by atoms with Crippen molar-refractivity contribution < 1.29 is 19.4 Å². The van der Waals surface area contributed by atoms with Crippen LogP contribution in [0.3, 0.4) is 0 Å². The number of carbonyl (C=O) groups excluding carboxylic acids is 2. The van der Waals surface area contributed by atoms with Crippen molar-refractivity contribution in [1.29, 1.82) is 0 Å². The van der Waals surface area contributed by atoms with Gasteiger partial charge in [-0.05, 0) is 11.1 Å². The molecule has 0 amide bonds. The normalized spacial score (nSPS) is 26.8. The van der Waals surface area contributed by atoms with Gasteiger partial charge < -0.3 is 9.84 Å². The van der Waals surface area contributed by atoms with E-state index in [1.165, 1.54) is 0 Å². The minimum atomic E-state index is -1.35. The SMILES string of the molecule is O=C1C(c2ccccc2)=C(O)C(=O)[C@@]2(c3ccccc3)O[C@@H]12. The maximum absolute atomic E-state index is 12.6. The number of fused-ring (bicyclic) bond motifs is 1. The van der Waals surface area contributed by atoms with E-state index in [1.54, 1.807) is 54.6 Å². The van der Waals surface area contributed by atoms with E-state index in [0.717, 1.165) is 0 Å². The predicted octanol–water partition coefficient (Wildman–Crippen LogP) is 2.40. The highest BCUT2D eigenvalue weighted by atomic mass is 16.6. The number of hydrogen-bond donors (Lipinski definition) is 1. The number of aliphatic hydroxyl groups excluding tert-OH is 1. The Morgan fingerprint density at radius 2 is 1.50 bits per heavy atom. The first-order valence-corrected chi connectivity index (χ1v) is 6.97. The number of epoxide rings is 1. The third kappa shape index (κ3) is 1.55. The van der Waals surface area contributed by atoms with E-state index in [-0.39, 0.29) is 11.4 Å². The smallest absolute Gasteiger partial charge is 0.237 e. The van der Waals surface area contributed by atoms with E-state index in [4.69, 9.17) is 4.74 Å². The molecular weight excluding hydrogens is 280 g/mol. The summed E-state index contributed by atoms with van der Waals surface area (Å²) < 4.78 is 5.50. The molecule has 1 aliphatic carbocycles. The van der Waals surface area contributed by atoms with Gasteiger partial charge in [-0.15, -0.1) is 0 Å². The fourth-order valence-electron chi connectivity index (χ4n) is 3.02. The summed E-state index contributed by atoms with van der Waals surface area (Å²) in [6.45, 7) is 0. The second-order valence-corrected chi connectivity index (χ2v) is 5.38. The molecule has 0 aromatic heterocycles. The first kappa shape index (κ1) is 13.0. The van der Waals surface area contributed by atoms with E-state index in [1.807, 2.05) is 6.07 Å². The molecule has 1 N–H and O–H groups in total. The summed E-state index contributed by atoms with van der Waals surface area (Å²) in [6, 6.07) is 17.5. The highest BCUT2D eigenvalue weighted by Crippen LogP contribution is 2.53. The highest BCUT2D eigenvalue weighted by molar-refractivity contribution is 6.35. The van der Waals surface area contributed by atoms with Crippen molar-refractivity contribution >= 4 is 17.1 Å². The molecule has 1 heterocycles. The molecule has 0 unspecified atom stereocenters. The van der Waals surface area contributed by atoms with Gasteiger partial charge in [-0.25, -0.2) is 0 Å². The van der Waals surface area contributed by atoms with Crippen LogP contribution in [0.25, 0.3) is 5.57 Å². The molecule has 0 saturated carbocycles. The van der Waals surface area contributed by atoms with E-state index < -0.39 is 23.2 Å². The number of ether oxygens (including phenoxy) is 1. The average Bonchev–Trinajstić information content (AvgIpc) is 3.32. The summed E-state index contributed by atoms with van der Waals surface area (Å²) in [4.78, 5) is 25.2. The summed E-state index contributed by atoms with van der Waals surface area (Å²) in [5.41, 5.74) is -0.187. The van der Waals surface area contributed by atoms with Gasteiger partial charge in [0.1, 0.15) is 0 Å². The Morgan fingerprint density at radius 3 is 2.14 bits per heavy atom. The monoisotopic (exact) mass is 292 g/mol. The van der Waals surface area contributed by atoms with Gasteiger partial charge in [0, 0.05) is 0 Å². The van der Waals surface area contributed by atoms with Gasteiger partial charge >= 0.3 is 0 Å². The van der Waals surface area contributed by atoms with Crippen molar-refractivity contribution in [1.82, 2.24) is 0 Å².